The Balaban J connectivity index is 2.26. The number of hydrogen-bond donors (Lipinski definition) is 1. The minimum Gasteiger partial charge on any atom is -0.327 e. The lowest BCUT2D eigenvalue weighted by Crippen LogP contribution is -2.09. The molecule has 3 rings (SSSR count). The van der Waals surface area contributed by atoms with Gasteiger partial charge in [0.25, 0.3) is 5.56 Å². The molecule has 3 aromatic rings. The number of aromatic amines is 1. The van der Waals surface area contributed by atoms with E-state index in [1.807, 2.05) is 6.07 Å². The summed E-state index contributed by atoms with van der Waals surface area (Å²) in [4.78, 5) is 18.9. The van der Waals surface area contributed by atoms with Gasteiger partial charge in [-0.25, -0.2) is 9.37 Å². The van der Waals surface area contributed by atoms with Crippen molar-refractivity contribution in [1.82, 2.24) is 9.97 Å². The zero-order valence-electron chi connectivity index (χ0n) is 10.7. The molecule has 0 aliphatic heterocycles. The van der Waals surface area contributed by atoms with Crippen LogP contribution in [-0.2, 0) is 6.42 Å². The molecular formula is C16H12FN2O. The van der Waals surface area contributed by atoms with Crippen molar-refractivity contribution in [3.8, 4) is 11.3 Å². The molecule has 2 heterocycles. The first-order chi connectivity index (χ1) is 9.69. The number of hydrogen-bond acceptors (Lipinski definition) is 2. The number of nitrogens with zero attached hydrogens (tertiary/aromatic N) is 1. The van der Waals surface area contributed by atoms with Crippen molar-refractivity contribution >= 4 is 10.9 Å². The van der Waals surface area contributed by atoms with Crippen molar-refractivity contribution in [2.24, 2.45) is 0 Å². The third-order valence-corrected chi connectivity index (χ3v) is 3.22. The van der Waals surface area contributed by atoms with E-state index in [1.54, 1.807) is 24.4 Å². The third-order valence-electron chi connectivity index (χ3n) is 3.22. The van der Waals surface area contributed by atoms with E-state index in [2.05, 4.69) is 16.9 Å². The molecule has 3 nitrogen and oxygen atoms in total. The number of nitrogens with one attached hydrogen (secondary N) is 1. The van der Waals surface area contributed by atoms with Gasteiger partial charge in [0.2, 0.25) is 0 Å². The zero-order valence-corrected chi connectivity index (χ0v) is 10.7. The molecule has 0 bridgehead atoms. The van der Waals surface area contributed by atoms with Crippen LogP contribution >= 0.6 is 0 Å². The number of fused-ring (bicyclic) bond motifs is 1. The second-order valence-corrected chi connectivity index (χ2v) is 4.50. The normalized spacial score (nSPS) is 10.9. The summed E-state index contributed by atoms with van der Waals surface area (Å²) in [5.74, 6) is -0.329. The highest BCUT2D eigenvalue weighted by atomic mass is 19.1. The lowest BCUT2D eigenvalue weighted by Gasteiger charge is -2.06. The van der Waals surface area contributed by atoms with Gasteiger partial charge < -0.3 is 4.98 Å². The molecule has 0 amide bonds. The van der Waals surface area contributed by atoms with Crippen molar-refractivity contribution in [2.45, 2.75) is 6.42 Å². The van der Waals surface area contributed by atoms with Gasteiger partial charge in [-0.2, -0.15) is 0 Å². The molecule has 0 atom stereocenters. The Hall–Kier alpha value is -2.49. The summed E-state index contributed by atoms with van der Waals surface area (Å²) >= 11 is 0. The lowest BCUT2D eigenvalue weighted by molar-refractivity contribution is 0.628. The fourth-order valence-electron chi connectivity index (χ4n) is 2.21. The highest BCUT2D eigenvalue weighted by Gasteiger charge is 2.08. The summed E-state index contributed by atoms with van der Waals surface area (Å²) in [5, 5.41) is 0.781. The Labute approximate surface area is 115 Å². The van der Waals surface area contributed by atoms with Crippen molar-refractivity contribution in [3.05, 3.63) is 71.3 Å². The zero-order chi connectivity index (χ0) is 14.1. The predicted octanol–water partition coefficient (Wildman–Crippen LogP) is 3.11. The van der Waals surface area contributed by atoms with E-state index in [9.17, 15) is 9.18 Å². The smallest absolute Gasteiger partial charge is 0.274 e. The summed E-state index contributed by atoms with van der Waals surface area (Å²) in [6.45, 7) is 3.83. The molecule has 0 fully saturated rings. The van der Waals surface area contributed by atoms with Crippen LogP contribution in [-0.4, -0.2) is 9.97 Å². The standard InChI is InChI=1S/C16H12FN2O/c1-2-10-9-18-16(20)15-13(10)6-7-14(19-15)11-4-3-5-12(17)8-11/h3-9H,1-2H2,(H,18,20). The largest absolute Gasteiger partial charge is 0.327 e. The van der Waals surface area contributed by atoms with Gasteiger partial charge in [-0.15, -0.1) is 0 Å². The Kier molecular flexibility index (Phi) is 3.06. The van der Waals surface area contributed by atoms with Gasteiger partial charge >= 0.3 is 0 Å². The molecule has 0 aliphatic carbocycles. The van der Waals surface area contributed by atoms with E-state index in [-0.39, 0.29) is 11.4 Å². The van der Waals surface area contributed by atoms with E-state index >= 15 is 0 Å². The van der Waals surface area contributed by atoms with Crippen LogP contribution in [0.3, 0.4) is 0 Å². The molecule has 1 aromatic carbocycles. The number of H-pyrrole nitrogens is 1. The minimum absolute atomic E-state index is 0.254. The number of halogens is 1. The van der Waals surface area contributed by atoms with Gasteiger partial charge in [0.15, 0.2) is 0 Å². The van der Waals surface area contributed by atoms with Crippen LogP contribution in [0.25, 0.3) is 22.2 Å². The molecule has 2 aromatic heterocycles. The number of benzene rings is 1. The van der Waals surface area contributed by atoms with Crippen LogP contribution in [0, 0.1) is 12.7 Å². The monoisotopic (exact) mass is 267 g/mol. The summed E-state index contributed by atoms with van der Waals surface area (Å²) in [6.07, 6.45) is 2.22. The highest BCUT2D eigenvalue weighted by Crippen LogP contribution is 2.21. The first-order valence-electron chi connectivity index (χ1n) is 6.25. The minimum atomic E-state index is -0.329. The highest BCUT2D eigenvalue weighted by molar-refractivity contribution is 5.83. The van der Waals surface area contributed by atoms with E-state index in [4.69, 9.17) is 0 Å². The summed E-state index contributed by atoms with van der Waals surface area (Å²) in [5.41, 5.74) is 2.25. The molecule has 0 aliphatic rings. The number of rotatable bonds is 2. The average Bonchev–Trinajstić information content (AvgIpc) is 2.47. The Morgan fingerprint density at radius 1 is 1.25 bits per heavy atom. The van der Waals surface area contributed by atoms with Crippen LogP contribution in [0.5, 0.6) is 0 Å². The third kappa shape index (κ3) is 2.09. The van der Waals surface area contributed by atoms with Gasteiger partial charge in [-0.05, 0) is 37.1 Å². The summed E-state index contributed by atoms with van der Waals surface area (Å²) < 4.78 is 13.3. The molecule has 1 radical (unpaired) electrons. The maximum atomic E-state index is 13.3. The quantitative estimate of drug-likeness (QED) is 0.775. The molecular weight excluding hydrogens is 255 g/mol. The van der Waals surface area contributed by atoms with Crippen LogP contribution in [0.1, 0.15) is 5.56 Å². The van der Waals surface area contributed by atoms with Crippen LogP contribution in [0.15, 0.2) is 47.4 Å². The Bertz CT molecular complexity index is 839. The molecule has 4 heteroatoms. The van der Waals surface area contributed by atoms with E-state index in [0.29, 0.717) is 23.2 Å². The fourth-order valence-corrected chi connectivity index (χ4v) is 2.21. The molecule has 0 saturated heterocycles. The Morgan fingerprint density at radius 3 is 2.85 bits per heavy atom. The van der Waals surface area contributed by atoms with E-state index in [1.165, 1.54) is 12.1 Å². The lowest BCUT2D eigenvalue weighted by atomic mass is 10.1. The molecule has 1 N–H and O–H groups in total. The van der Waals surface area contributed by atoms with E-state index < -0.39 is 0 Å². The van der Waals surface area contributed by atoms with Gasteiger partial charge in [0.05, 0.1) is 5.69 Å². The SMILES string of the molecule is [CH2]Cc1c[nH]c(=O)c2nc(-c3cccc(F)c3)ccc12. The first kappa shape index (κ1) is 12.5. The van der Waals surface area contributed by atoms with Crippen molar-refractivity contribution in [1.29, 1.82) is 0 Å². The summed E-state index contributed by atoms with van der Waals surface area (Å²) in [6, 6.07) is 9.77. The molecule has 20 heavy (non-hydrogen) atoms. The van der Waals surface area contributed by atoms with Gasteiger partial charge in [-0.1, -0.05) is 18.2 Å². The van der Waals surface area contributed by atoms with Crippen LogP contribution < -0.4 is 5.56 Å². The second-order valence-electron chi connectivity index (χ2n) is 4.50. The molecule has 0 spiro atoms. The maximum absolute atomic E-state index is 13.3. The second kappa shape index (κ2) is 4.89. The van der Waals surface area contributed by atoms with Crippen LogP contribution in [0.2, 0.25) is 0 Å². The number of aromatic nitrogens is 2. The molecule has 0 saturated carbocycles. The maximum Gasteiger partial charge on any atom is 0.274 e. The predicted molar refractivity (Wildman–Crippen MR) is 76.8 cm³/mol. The molecule has 99 valence electrons. The van der Waals surface area contributed by atoms with Gasteiger partial charge in [0, 0.05) is 17.1 Å². The summed E-state index contributed by atoms with van der Waals surface area (Å²) in [7, 11) is 0. The van der Waals surface area contributed by atoms with Crippen LogP contribution in [0.4, 0.5) is 4.39 Å². The van der Waals surface area contributed by atoms with Gasteiger partial charge in [0.1, 0.15) is 11.3 Å². The average molecular weight is 267 g/mol. The van der Waals surface area contributed by atoms with Gasteiger partial charge in [-0.3, -0.25) is 4.79 Å². The number of pyridine rings is 2. The molecule has 0 unspecified atom stereocenters. The fraction of sp³-hybridized carbons (Fsp3) is 0.0625. The Morgan fingerprint density at radius 2 is 2.10 bits per heavy atom. The van der Waals surface area contributed by atoms with E-state index in [0.717, 1.165) is 10.9 Å². The van der Waals surface area contributed by atoms with Crippen molar-refractivity contribution in [2.75, 3.05) is 0 Å². The van der Waals surface area contributed by atoms with Crippen molar-refractivity contribution in [3.63, 3.8) is 0 Å². The van der Waals surface area contributed by atoms with Crippen molar-refractivity contribution < 1.29 is 4.39 Å². The topological polar surface area (TPSA) is 45.8 Å². The first-order valence-corrected chi connectivity index (χ1v) is 6.25.